The number of benzene rings is 5. The fraction of sp³-hybridized carbons (Fsp3) is 0. The normalized spacial score (nSPS) is 10.7. The Kier molecular flexibility index (Phi) is 5.08. The highest BCUT2D eigenvalue weighted by molar-refractivity contribution is 5.96. The third-order valence-corrected chi connectivity index (χ3v) is 5.65. The van der Waals surface area contributed by atoms with Crippen LogP contribution < -0.4 is 5.73 Å². The molecule has 31 heavy (non-hydrogen) atoms. The van der Waals surface area contributed by atoms with Crippen molar-refractivity contribution in [2.45, 2.75) is 0 Å². The maximum absolute atomic E-state index is 6.19. The fourth-order valence-electron chi connectivity index (χ4n) is 4.19. The van der Waals surface area contributed by atoms with Gasteiger partial charge in [-0.25, -0.2) is 0 Å². The van der Waals surface area contributed by atoms with Crippen molar-refractivity contribution >= 4 is 5.69 Å². The van der Waals surface area contributed by atoms with E-state index in [2.05, 4.69) is 115 Å². The van der Waals surface area contributed by atoms with Crippen molar-refractivity contribution in [3.63, 3.8) is 0 Å². The van der Waals surface area contributed by atoms with Gasteiger partial charge in [-0.1, -0.05) is 115 Å². The van der Waals surface area contributed by atoms with Gasteiger partial charge in [0.2, 0.25) is 0 Å². The van der Waals surface area contributed by atoms with Gasteiger partial charge in [0.15, 0.2) is 0 Å². The molecule has 0 aliphatic carbocycles. The molecule has 5 aromatic carbocycles. The molecule has 5 rings (SSSR count). The van der Waals surface area contributed by atoms with E-state index in [9.17, 15) is 0 Å². The zero-order valence-corrected chi connectivity index (χ0v) is 17.2. The molecule has 0 aromatic heterocycles. The zero-order chi connectivity index (χ0) is 21.0. The number of nitrogen functional groups attached to an aromatic ring is 1. The summed E-state index contributed by atoms with van der Waals surface area (Å²) < 4.78 is 0. The van der Waals surface area contributed by atoms with Gasteiger partial charge in [-0.3, -0.25) is 0 Å². The second kappa shape index (κ2) is 8.33. The molecule has 2 N–H and O–H groups in total. The highest BCUT2D eigenvalue weighted by Gasteiger charge is 2.15. The van der Waals surface area contributed by atoms with E-state index in [-0.39, 0.29) is 0 Å². The fourth-order valence-corrected chi connectivity index (χ4v) is 4.19. The van der Waals surface area contributed by atoms with Crippen LogP contribution in [0.15, 0.2) is 127 Å². The topological polar surface area (TPSA) is 26.0 Å². The van der Waals surface area contributed by atoms with E-state index in [1.807, 2.05) is 12.1 Å². The molecule has 0 aliphatic rings. The molecule has 1 heteroatoms. The molecule has 0 spiro atoms. The largest absolute Gasteiger partial charge is 0.399 e. The van der Waals surface area contributed by atoms with Crippen molar-refractivity contribution < 1.29 is 0 Å². The first-order valence-corrected chi connectivity index (χ1v) is 10.5. The minimum atomic E-state index is 0.768. The summed E-state index contributed by atoms with van der Waals surface area (Å²) in [5.41, 5.74) is 16.5. The van der Waals surface area contributed by atoms with E-state index in [1.165, 1.54) is 33.4 Å². The lowest BCUT2D eigenvalue weighted by Crippen LogP contribution is -1.93. The van der Waals surface area contributed by atoms with Gasteiger partial charge in [0, 0.05) is 5.69 Å². The van der Waals surface area contributed by atoms with E-state index in [0.29, 0.717) is 0 Å². The van der Waals surface area contributed by atoms with Crippen molar-refractivity contribution in [1.29, 1.82) is 0 Å². The Hall–Kier alpha value is -4.10. The van der Waals surface area contributed by atoms with Crippen molar-refractivity contribution in [3.8, 4) is 44.5 Å². The number of anilines is 1. The van der Waals surface area contributed by atoms with E-state index in [1.54, 1.807) is 0 Å². The lowest BCUT2D eigenvalue weighted by Gasteiger charge is -2.17. The van der Waals surface area contributed by atoms with E-state index < -0.39 is 0 Å². The van der Waals surface area contributed by atoms with Crippen LogP contribution in [-0.2, 0) is 0 Å². The molecule has 0 saturated heterocycles. The molecule has 0 bridgehead atoms. The van der Waals surface area contributed by atoms with Gasteiger partial charge in [0.25, 0.3) is 0 Å². The molecular weight excluding hydrogens is 374 g/mol. The molecule has 0 radical (unpaired) electrons. The molecule has 0 amide bonds. The lowest BCUT2D eigenvalue weighted by molar-refractivity contribution is 1.55. The minimum absolute atomic E-state index is 0.768. The second-order valence-corrected chi connectivity index (χ2v) is 7.63. The second-order valence-electron chi connectivity index (χ2n) is 7.63. The summed E-state index contributed by atoms with van der Waals surface area (Å²) in [4.78, 5) is 0. The summed E-state index contributed by atoms with van der Waals surface area (Å²) in [6, 6.07) is 44.5. The molecule has 5 aromatic rings. The Morgan fingerprint density at radius 2 is 0.710 bits per heavy atom. The summed E-state index contributed by atoms with van der Waals surface area (Å²) in [7, 11) is 0. The molecule has 0 fully saturated rings. The molecule has 0 heterocycles. The maximum atomic E-state index is 6.19. The van der Waals surface area contributed by atoms with Gasteiger partial charge in [0.1, 0.15) is 0 Å². The van der Waals surface area contributed by atoms with Crippen LogP contribution in [0.2, 0.25) is 0 Å². The van der Waals surface area contributed by atoms with Gasteiger partial charge in [0.05, 0.1) is 0 Å². The van der Waals surface area contributed by atoms with Gasteiger partial charge in [-0.15, -0.1) is 0 Å². The maximum Gasteiger partial charge on any atom is 0.0320 e. The van der Waals surface area contributed by atoms with Crippen LogP contribution in [0.5, 0.6) is 0 Å². The van der Waals surface area contributed by atoms with Crippen LogP contribution in [0.4, 0.5) is 5.69 Å². The predicted molar refractivity (Wildman–Crippen MR) is 133 cm³/mol. The van der Waals surface area contributed by atoms with Crippen molar-refractivity contribution in [1.82, 2.24) is 0 Å². The Bertz CT molecular complexity index is 1320. The van der Waals surface area contributed by atoms with Crippen molar-refractivity contribution in [3.05, 3.63) is 127 Å². The number of nitrogens with two attached hydrogens (primary N) is 1. The summed E-state index contributed by atoms with van der Waals surface area (Å²) >= 11 is 0. The molecule has 0 saturated carbocycles. The molecule has 148 valence electrons. The zero-order valence-electron chi connectivity index (χ0n) is 17.2. The van der Waals surface area contributed by atoms with Crippen molar-refractivity contribution in [2.75, 3.05) is 5.73 Å². The van der Waals surface area contributed by atoms with Crippen LogP contribution in [0.3, 0.4) is 0 Å². The molecule has 0 unspecified atom stereocenters. The van der Waals surface area contributed by atoms with E-state index >= 15 is 0 Å². The SMILES string of the molecule is Nc1ccc(-c2ccccc2-c2ccccc2-c2ccccc2)c(-c2ccccc2)c1. The van der Waals surface area contributed by atoms with E-state index in [4.69, 9.17) is 5.73 Å². The Balaban J connectivity index is 1.75. The third-order valence-electron chi connectivity index (χ3n) is 5.65. The van der Waals surface area contributed by atoms with Crippen LogP contribution in [0, 0.1) is 0 Å². The monoisotopic (exact) mass is 397 g/mol. The number of rotatable bonds is 4. The lowest BCUT2D eigenvalue weighted by atomic mass is 9.86. The first-order valence-electron chi connectivity index (χ1n) is 10.5. The standard InChI is InChI=1S/C30H23N/c31-24-19-20-29(30(21-24)23-13-5-2-6-14-23)28-18-10-9-17-27(28)26-16-8-7-15-25(26)22-11-3-1-4-12-22/h1-21H,31H2. The predicted octanol–water partition coefficient (Wildman–Crippen LogP) is 7.94. The molecule has 1 nitrogen and oxygen atoms in total. The average Bonchev–Trinajstić information content (AvgIpc) is 2.85. The summed E-state index contributed by atoms with van der Waals surface area (Å²) in [6.45, 7) is 0. The quantitative estimate of drug-likeness (QED) is 0.306. The van der Waals surface area contributed by atoms with Gasteiger partial charge < -0.3 is 5.73 Å². The summed E-state index contributed by atoms with van der Waals surface area (Å²) in [5.74, 6) is 0. The first kappa shape index (κ1) is 18.9. The number of hydrogen-bond donors (Lipinski definition) is 1. The van der Waals surface area contributed by atoms with Crippen LogP contribution in [0.1, 0.15) is 0 Å². The average molecular weight is 398 g/mol. The summed E-state index contributed by atoms with van der Waals surface area (Å²) in [5, 5.41) is 0. The minimum Gasteiger partial charge on any atom is -0.399 e. The van der Waals surface area contributed by atoms with Crippen molar-refractivity contribution in [2.24, 2.45) is 0 Å². The Labute approximate surface area is 183 Å². The molecule has 0 atom stereocenters. The first-order chi connectivity index (χ1) is 15.3. The van der Waals surface area contributed by atoms with Gasteiger partial charge >= 0.3 is 0 Å². The van der Waals surface area contributed by atoms with Crippen LogP contribution >= 0.6 is 0 Å². The van der Waals surface area contributed by atoms with Crippen LogP contribution in [-0.4, -0.2) is 0 Å². The number of hydrogen-bond acceptors (Lipinski definition) is 1. The highest BCUT2D eigenvalue weighted by Crippen LogP contribution is 2.41. The molecular formula is C30H23N. The van der Waals surface area contributed by atoms with Gasteiger partial charge in [-0.2, -0.15) is 0 Å². The van der Waals surface area contributed by atoms with E-state index in [0.717, 1.165) is 16.8 Å². The Morgan fingerprint density at radius 3 is 1.26 bits per heavy atom. The highest BCUT2D eigenvalue weighted by atomic mass is 14.5. The molecule has 0 aliphatic heterocycles. The van der Waals surface area contributed by atoms with Crippen LogP contribution in [0.25, 0.3) is 44.5 Å². The summed E-state index contributed by atoms with van der Waals surface area (Å²) in [6.07, 6.45) is 0. The Morgan fingerprint density at radius 1 is 0.323 bits per heavy atom. The third kappa shape index (κ3) is 3.74. The smallest absolute Gasteiger partial charge is 0.0320 e. The van der Waals surface area contributed by atoms with Gasteiger partial charge in [-0.05, 0) is 56.6 Å².